The monoisotopic (exact) mass is 373 g/mol. The van der Waals surface area contributed by atoms with E-state index in [9.17, 15) is 13.6 Å². The standard InChI is InChI=1S/C21H25F2N3O/c1-25-10-11-26(20(15-25)16-6-3-2-4-7-16)9-5-8-24-21(27)17-12-18(22)14-19(23)13-17/h2-4,6-7,12-14,20H,5,8-11,15H2,1H3,(H,24,27)/t20-/m0/s1. The van der Waals surface area contributed by atoms with E-state index in [0.29, 0.717) is 12.6 Å². The van der Waals surface area contributed by atoms with E-state index in [1.54, 1.807) is 0 Å². The Kier molecular flexibility index (Phi) is 6.53. The van der Waals surface area contributed by atoms with Crippen molar-refractivity contribution in [3.63, 3.8) is 0 Å². The summed E-state index contributed by atoms with van der Waals surface area (Å²) >= 11 is 0. The second kappa shape index (κ2) is 9.06. The average molecular weight is 373 g/mol. The van der Waals surface area contributed by atoms with Gasteiger partial charge < -0.3 is 10.2 Å². The molecule has 1 N–H and O–H groups in total. The van der Waals surface area contributed by atoms with Gasteiger partial charge in [-0.1, -0.05) is 30.3 Å². The topological polar surface area (TPSA) is 35.6 Å². The van der Waals surface area contributed by atoms with Gasteiger partial charge in [0.1, 0.15) is 11.6 Å². The Morgan fingerprint density at radius 3 is 2.52 bits per heavy atom. The Morgan fingerprint density at radius 2 is 1.81 bits per heavy atom. The molecule has 4 nitrogen and oxygen atoms in total. The van der Waals surface area contributed by atoms with E-state index in [4.69, 9.17) is 0 Å². The van der Waals surface area contributed by atoms with Gasteiger partial charge in [-0.15, -0.1) is 0 Å². The number of carbonyl (C=O) groups is 1. The number of piperazine rings is 1. The predicted molar refractivity (Wildman–Crippen MR) is 102 cm³/mol. The molecular weight excluding hydrogens is 348 g/mol. The van der Waals surface area contributed by atoms with Gasteiger partial charge in [0.15, 0.2) is 0 Å². The first-order valence-electron chi connectivity index (χ1n) is 9.25. The Labute approximate surface area is 158 Å². The number of amides is 1. The van der Waals surface area contributed by atoms with Gasteiger partial charge in [0, 0.05) is 50.4 Å². The van der Waals surface area contributed by atoms with Crippen molar-refractivity contribution in [1.29, 1.82) is 0 Å². The lowest BCUT2D eigenvalue weighted by molar-refractivity contribution is 0.0865. The molecule has 6 heteroatoms. The van der Waals surface area contributed by atoms with Crippen LogP contribution in [0.2, 0.25) is 0 Å². The second-order valence-corrected chi connectivity index (χ2v) is 6.99. The van der Waals surface area contributed by atoms with Crippen LogP contribution in [0.1, 0.15) is 28.4 Å². The highest BCUT2D eigenvalue weighted by Gasteiger charge is 2.25. The van der Waals surface area contributed by atoms with Crippen LogP contribution in [0, 0.1) is 11.6 Å². The number of likely N-dealkylation sites (N-methyl/N-ethyl adjacent to an activating group) is 1. The highest BCUT2D eigenvalue weighted by atomic mass is 19.1. The van der Waals surface area contributed by atoms with Crippen LogP contribution < -0.4 is 5.32 Å². The Balaban J connectivity index is 1.52. The average Bonchev–Trinajstić information content (AvgIpc) is 2.66. The van der Waals surface area contributed by atoms with Gasteiger partial charge in [0.25, 0.3) is 5.91 Å². The minimum atomic E-state index is -0.747. The smallest absolute Gasteiger partial charge is 0.251 e. The number of hydrogen-bond acceptors (Lipinski definition) is 3. The zero-order valence-electron chi connectivity index (χ0n) is 15.5. The molecule has 1 aliphatic heterocycles. The third-order valence-electron chi connectivity index (χ3n) is 4.91. The molecule has 144 valence electrons. The second-order valence-electron chi connectivity index (χ2n) is 6.99. The van der Waals surface area contributed by atoms with Crippen molar-refractivity contribution in [3.05, 3.63) is 71.3 Å². The van der Waals surface area contributed by atoms with Gasteiger partial charge in [0.05, 0.1) is 0 Å². The number of nitrogens with one attached hydrogen (secondary N) is 1. The van der Waals surface area contributed by atoms with Crippen LogP contribution in [-0.2, 0) is 0 Å². The normalized spacial score (nSPS) is 18.4. The molecule has 2 aromatic rings. The molecule has 0 saturated carbocycles. The number of rotatable bonds is 6. The maximum absolute atomic E-state index is 13.2. The number of hydrogen-bond donors (Lipinski definition) is 1. The van der Waals surface area contributed by atoms with Crippen LogP contribution >= 0.6 is 0 Å². The summed E-state index contributed by atoms with van der Waals surface area (Å²) in [6.45, 7) is 4.27. The first-order chi connectivity index (χ1) is 13.0. The fraction of sp³-hybridized carbons (Fsp3) is 0.381. The minimum absolute atomic E-state index is 0.00857. The molecule has 0 spiro atoms. The lowest BCUT2D eigenvalue weighted by Gasteiger charge is -2.40. The van der Waals surface area contributed by atoms with E-state index in [1.807, 2.05) is 6.07 Å². The molecule has 1 heterocycles. The van der Waals surface area contributed by atoms with Gasteiger partial charge in [-0.05, 0) is 31.2 Å². The van der Waals surface area contributed by atoms with Crippen molar-refractivity contribution in [2.75, 3.05) is 39.8 Å². The molecule has 3 rings (SSSR count). The van der Waals surface area contributed by atoms with Crippen LogP contribution in [0.4, 0.5) is 8.78 Å². The maximum Gasteiger partial charge on any atom is 0.251 e. The summed E-state index contributed by atoms with van der Waals surface area (Å²) in [4.78, 5) is 16.8. The highest BCUT2D eigenvalue weighted by Crippen LogP contribution is 2.24. The lowest BCUT2D eigenvalue weighted by atomic mass is 10.0. The Bertz CT molecular complexity index is 749. The first-order valence-corrected chi connectivity index (χ1v) is 9.25. The molecule has 1 atom stereocenters. The quantitative estimate of drug-likeness (QED) is 0.791. The first kappa shape index (κ1) is 19.5. The van der Waals surface area contributed by atoms with E-state index in [0.717, 1.165) is 50.8 Å². The van der Waals surface area contributed by atoms with Crippen LogP contribution in [0.5, 0.6) is 0 Å². The molecular formula is C21H25F2N3O. The Morgan fingerprint density at radius 1 is 1.11 bits per heavy atom. The number of benzene rings is 2. The van der Waals surface area contributed by atoms with Gasteiger partial charge in [-0.3, -0.25) is 9.69 Å². The van der Waals surface area contributed by atoms with E-state index in [2.05, 4.69) is 46.4 Å². The van der Waals surface area contributed by atoms with Gasteiger partial charge >= 0.3 is 0 Å². The minimum Gasteiger partial charge on any atom is -0.352 e. The van der Waals surface area contributed by atoms with E-state index in [-0.39, 0.29) is 5.56 Å². The molecule has 0 bridgehead atoms. The number of halogens is 2. The summed E-state index contributed by atoms with van der Waals surface area (Å²) in [5.74, 6) is -1.95. The van der Waals surface area contributed by atoms with Gasteiger partial charge in [-0.25, -0.2) is 8.78 Å². The third kappa shape index (κ3) is 5.34. The summed E-state index contributed by atoms with van der Waals surface area (Å²) in [6, 6.07) is 13.6. The Hall–Kier alpha value is -2.31. The SMILES string of the molecule is CN1CCN(CCCNC(=O)c2cc(F)cc(F)c2)[C@H](c2ccccc2)C1. The van der Waals surface area contributed by atoms with Crippen molar-refractivity contribution in [2.24, 2.45) is 0 Å². The maximum atomic E-state index is 13.2. The molecule has 1 amide bonds. The largest absolute Gasteiger partial charge is 0.352 e. The molecule has 1 fully saturated rings. The van der Waals surface area contributed by atoms with E-state index >= 15 is 0 Å². The third-order valence-corrected chi connectivity index (χ3v) is 4.91. The van der Waals surface area contributed by atoms with E-state index < -0.39 is 17.5 Å². The summed E-state index contributed by atoms with van der Waals surface area (Å²) in [5, 5.41) is 2.75. The highest BCUT2D eigenvalue weighted by molar-refractivity contribution is 5.94. The number of nitrogens with zero attached hydrogens (tertiary/aromatic N) is 2. The van der Waals surface area contributed by atoms with Crippen molar-refractivity contribution < 1.29 is 13.6 Å². The summed E-state index contributed by atoms with van der Waals surface area (Å²) in [6.07, 6.45) is 0.774. The molecule has 0 radical (unpaired) electrons. The molecule has 0 aliphatic carbocycles. The molecule has 1 saturated heterocycles. The summed E-state index contributed by atoms with van der Waals surface area (Å²) in [5.41, 5.74) is 1.30. The zero-order chi connectivity index (χ0) is 19.2. The van der Waals surface area contributed by atoms with Crippen LogP contribution in [0.3, 0.4) is 0 Å². The van der Waals surface area contributed by atoms with Gasteiger partial charge in [0.2, 0.25) is 0 Å². The molecule has 0 aromatic heterocycles. The fourth-order valence-electron chi connectivity index (χ4n) is 3.49. The van der Waals surface area contributed by atoms with Crippen molar-refractivity contribution >= 4 is 5.91 Å². The number of carbonyl (C=O) groups excluding carboxylic acids is 1. The summed E-state index contributed by atoms with van der Waals surface area (Å²) in [7, 11) is 2.13. The van der Waals surface area contributed by atoms with Crippen LogP contribution in [0.15, 0.2) is 48.5 Å². The van der Waals surface area contributed by atoms with E-state index in [1.165, 1.54) is 5.56 Å². The molecule has 1 aliphatic rings. The fourth-order valence-corrected chi connectivity index (χ4v) is 3.49. The van der Waals surface area contributed by atoms with Crippen molar-refractivity contribution in [2.45, 2.75) is 12.5 Å². The predicted octanol–water partition coefficient (Wildman–Crippen LogP) is 3.07. The summed E-state index contributed by atoms with van der Waals surface area (Å²) < 4.78 is 26.4. The lowest BCUT2D eigenvalue weighted by Crippen LogP contribution is -2.47. The van der Waals surface area contributed by atoms with Gasteiger partial charge in [-0.2, -0.15) is 0 Å². The molecule has 2 aromatic carbocycles. The van der Waals surface area contributed by atoms with Crippen molar-refractivity contribution in [3.8, 4) is 0 Å². The van der Waals surface area contributed by atoms with Crippen molar-refractivity contribution in [1.82, 2.24) is 15.1 Å². The van der Waals surface area contributed by atoms with Crippen LogP contribution in [-0.4, -0.2) is 55.5 Å². The molecule has 0 unspecified atom stereocenters. The van der Waals surface area contributed by atoms with Crippen LogP contribution in [0.25, 0.3) is 0 Å². The zero-order valence-corrected chi connectivity index (χ0v) is 15.5. The molecule has 27 heavy (non-hydrogen) atoms.